The number of hydrogen-bond donors (Lipinski definition) is 1. The van der Waals surface area contributed by atoms with Crippen LogP contribution >= 0.6 is 11.3 Å². The van der Waals surface area contributed by atoms with Crippen LogP contribution in [0, 0.1) is 0 Å². The van der Waals surface area contributed by atoms with Crippen LogP contribution in [0.2, 0.25) is 0 Å². The van der Waals surface area contributed by atoms with E-state index in [-0.39, 0.29) is 0 Å². The normalized spacial score (nSPS) is 16.4. The second-order valence-electron chi connectivity index (χ2n) is 3.63. The van der Waals surface area contributed by atoms with E-state index in [2.05, 4.69) is 17.2 Å². The van der Waals surface area contributed by atoms with Crippen LogP contribution in [0.25, 0.3) is 0 Å². The lowest BCUT2D eigenvalue weighted by Gasteiger charge is -2.01. The van der Waals surface area contributed by atoms with Crippen LogP contribution in [0.5, 0.6) is 0 Å². The van der Waals surface area contributed by atoms with E-state index in [0.29, 0.717) is 0 Å². The molecule has 13 heavy (non-hydrogen) atoms. The Labute approximate surface area is 83.4 Å². The average Bonchev–Trinajstić information content (AvgIpc) is 2.86. The molecule has 0 amide bonds. The molecule has 1 aliphatic carbocycles. The first-order valence-corrected chi connectivity index (χ1v) is 5.92. The lowest BCUT2D eigenvalue weighted by atomic mass is 10.2. The molecule has 0 radical (unpaired) electrons. The Bertz CT molecular complexity index is 266. The zero-order valence-corrected chi connectivity index (χ0v) is 8.86. The van der Waals surface area contributed by atoms with Gasteiger partial charge in [-0.2, -0.15) is 0 Å². The van der Waals surface area contributed by atoms with Crippen LogP contribution in [0.4, 0.5) is 0 Å². The SMILES string of the molecule is CCCc1ncsc1CNC1CC1. The fraction of sp³-hybridized carbons (Fsp3) is 0.700. The standard InChI is InChI=1S/C10H16N2S/c1-2-3-9-10(13-7-12-9)6-11-8-4-5-8/h7-8,11H,2-6H2,1H3. The van der Waals surface area contributed by atoms with Crippen molar-refractivity contribution in [2.24, 2.45) is 0 Å². The van der Waals surface area contributed by atoms with Gasteiger partial charge in [-0.1, -0.05) is 13.3 Å². The summed E-state index contributed by atoms with van der Waals surface area (Å²) < 4.78 is 0. The second-order valence-corrected chi connectivity index (χ2v) is 4.57. The van der Waals surface area contributed by atoms with Gasteiger partial charge < -0.3 is 5.32 Å². The fourth-order valence-electron chi connectivity index (χ4n) is 1.40. The summed E-state index contributed by atoms with van der Waals surface area (Å²) in [5.74, 6) is 0. The van der Waals surface area contributed by atoms with Gasteiger partial charge in [0.1, 0.15) is 0 Å². The molecule has 1 heterocycles. The Hall–Kier alpha value is -0.410. The first kappa shape index (κ1) is 9.16. The highest BCUT2D eigenvalue weighted by Crippen LogP contribution is 2.21. The Morgan fingerprint density at radius 2 is 2.46 bits per heavy atom. The van der Waals surface area contributed by atoms with E-state index >= 15 is 0 Å². The first-order valence-electron chi connectivity index (χ1n) is 5.04. The van der Waals surface area contributed by atoms with E-state index in [4.69, 9.17) is 0 Å². The number of nitrogens with zero attached hydrogens (tertiary/aromatic N) is 1. The van der Waals surface area contributed by atoms with E-state index in [0.717, 1.165) is 19.0 Å². The Balaban J connectivity index is 1.88. The predicted molar refractivity (Wildman–Crippen MR) is 56.0 cm³/mol. The van der Waals surface area contributed by atoms with Crippen molar-refractivity contribution in [1.29, 1.82) is 0 Å². The van der Waals surface area contributed by atoms with Crippen molar-refractivity contribution in [3.8, 4) is 0 Å². The van der Waals surface area contributed by atoms with Crippen molar-refractivity contribution in [3.63, 3.8) is 0 Å². The lowest BCUT2D eigenvalue weighted by molar-refractivity contribution is 0.686. The Kier molecular flexibility index (Phi) is 2.96. The molecule has 0 aromatic carbocycles. The molecule has 0 atom stereocenters. The average molecular weight is 196 g/mol. The minimum atomic E-state index is 0.802. The number of hydrogen-bond acceptors (Lipinski definition) is 3. The maximum atomic E-state index is 4.38. The molecular formula is C10H16N2S. The summed E-state index contributed by atoms with van der Waals surface area (Å²) in [7, 11) is 0. The van der Waals surface area contributed by atoms with Gasteiger partial charge in [-0.05, 0) is 19.3 Å². The van der Waals surface area contributed by atoms with E-state index in [9.17, 15) is 0 Å². The molecule has 1 saturated carbocycles. The molecule has 3 heteroatoms. The topological polar surface area (TPSA) is 24.9 Å². The van der Waals surface area contributed by atoms with Gasteiger partial charge in [0.15, 0.2) is 0 Å². The van der Waals surface area contributed by atoms with Crippen molar-refractivity contribution in [2.75, 3.05) is 0 Å². The van der Waals surface area contributed by atoms with Crippen molar-refractivity contribution in [3.05, 3.63) is 16.1 Å². The quantitative estimate of drug-likeness (QED) is 0.782. The molecule has 1 aliphatic rings. The third-order valence-electron chi connectivity index (χ3n) is 2.34. The van der Waals surface area contributed by atoms with E-state index < -0.39 is 0 Å². The van der Waals surface area contributed by atoms with E-state index in [1.54, 1.807) is 11.3 Å². The van der Waals surface area contributed by atoms with Gasteiger partial charge in [0.25, 0.3) is 0 Å². The minimum absolute atomic E-state index is 0.802. The van der Waals surface area contributed by atoms with Crippen molar-refractivity contribution in [2.45, 2.75) is 45.2 Å². The molecule has 0 aliphatic heterocycles. The minimum Gasteiger partial charge on any atom is -0.309 e. The Morgan fingerprint density at radius 1 is 1.62 bits per heavy atom. The lowest BCUT2D eigenvalue weighted by Crippen LogP contribution is -2.15. The van der Waals surface area contributed by atoms with Crippen LogP contribution < -0.4 is 5.32 Å². The summed E-state index contributed by atoms with van der Waals surface area (Å²) in [5.41, 5.74) is 3.27. The van der Waals surface area contributed by atoms with Gasteiger partial charge in [-0.25, -0.2) is 4.98 Å². The third-order valence-corrected chi connectivity index (χ3v) is 3.22. The van der Waals surface area contributed by atoms with Crippen molar-refractivity contribution < 1.29 is 0 Å². The molecule has 1 fully saturated rings. The second kappa shape index (κ2) is 4.20. The van der Waals surface area contributed by atoms with E-state index in [1.165, 1.54) is 29.8 Å². The summed E-state index contributed by atoms with van der Waals surface area (Å²) in [6.45, 7) is 3.24. The smallest absolute Gasteiger partial charge is 0.0798 e. The van der Waals surface area contributed by atoms with Gasteiger partial charge in [0.05, 0.1) is 11.2 Å². The molecular weight excluding hydrogens is 180 g/mol. The predicted octanol–water partition coefficient (Wildman–Crippen LogP) is 2.35. The van der Waals surface area contributed by atoms with Gasteiger partial charge in [-0.15, -0.1) is 11.3 Å². The largest absolute Gasteiger partial charge is 0.309 e. The maximum Gasteiger partial charge on any atom is 0.0798 e. The molecule has 0 spiro atoms. The highest BCUT2D eigenvalue weighted by molar-refractivity contribution is 7.09. The fourth-order valence-corrected chi connectivity index (χ4v) is 2.17. The molecule has 0 saturated heterocycles. The van der Waals surface area contributed by atoms with Crippen molar-refractivity contribution >= 4 is 11.3 Å². The molecule has 1 N–H and O–H groups in total. The first-order chi connectivity index (χ1) is 6.40. The Morgan fingerprint density at radius 3 is 3.15 bits per heavy atom. The van der Waals surface area contributed by atoms with Crippen LogP contribution in [0.1, 0.15) is 36.8 Å². The highest BCUT2D eigenvalue weighted by Gasteiger charge is 2.20. The number of aryl methyl sites for hydroxylation is 1. The molecule has 2 nitrogen and oxygen atoms in total. The van der Waals surface area contributed by atoms with Crippen LogP contribution in [-0.4, -0.2) is 11.0 Å². The molecule has 72 valence electrons. The summed E-state index contributed by atoms with van der Waals surface area (Å²) in [5, 5.41) is 3.53. The van der Waals surface area contributed by atoms with Gasteiger partial charge in [-0.3, -0.25) is 0 Å². The molecule has 0 bridgehead atoms. The monoisotopic (exact) mass is 196 g/mol. The van der Waals surface area contributed by atoms with Gasteiger partial charge >= 0.3 is 0 Å². The zero-order valence-electron chi connectivity index (χ0n) is 8.05. The van der Waals surface area contributed by atoms with Crippen molar-refractivity contribution in [1.82, 2.24) is 10.3 Å². The highest BCUT2D eigenvalue weighted by atomic mass is 32.1. The summed E-state index contributed by atoms with van der Waals surface area (Å²) >= 11 is 1.79. The third kappa shape index (κ3) is 2.51. The molecule has 2 rings (SSSR count). The van der Waals surface area contributed by atoms with Crippen LogP contribution in [0.3, 0.4) is 0 Å². The zero-order chi connectivity index (χ0) is 9.10. The molecule has 1 aromatic heterocycles. The van der Waals surface area contributed by atoms with Gasteiger partial charge in [0, 0.05) is 17.5 Å². The molecule has 0 unspecified atom stereocenters. The van der Waals surface area contributed by atoms with Crippen LogP contribution in [-0.2, 0) is 13.0 Å². The number of aromatic nitrogens is 1. The number of nitrogens with one attached hydrogen (secondary N) is 1. The van der Waals surface area contributed by atoms with E-state index in [1.807, 2.05) is 5.51 Å². The summed E-state index contributed by atoms with van der Waals surface area (Å²) in [6.07, 6.45) is 5.05. The van der Waals surface area contributed by atoms with Gasteiger partial charge in [0.2, 0.25) is 0 Å². The van der Waals surface area contributed by atoms with Crippen LogP contribution in [0.15, 0.2) is 5.51 Å². The summed E-state index contributed by atoms with van der Waals surface area (Å²) in [4.78, 5) is 5.82. The number of rotatable bonds is 5. The maximum absolute atomic E-state index is 4.38. The molecule has 1 aromatic rings. The summed E-state index contributed by atoms with van der Waals surface area (Å²) in [6, 6.07) is 0.802. The number of thiazole rings is 1.